The molecule has 1 aromatic carbocycles. The van der Waals surface area contributed by atoms with E-state index in [2.05, 4.69) is 6.92 Å². The second-order valence-corrected chi connectivity index (χ2v) is 4.17. The van der Waals surface area contributed by atoms with Crippen LogP contribution in [0.15, 0.2) is 30.3 Å². The Morgan fingerprint density at radius 3 is 2.40 bits per heavy atom. The number of rotatable bonds is 5. The van der Waals surface area contributed by atoms with Crippen molar-refractivity contribution in [2.75, 3.05) is 0 Å². The Hall–Kier alpha value is -1.31. The van der Waals surface area contributed by atoms with Crippen LogP contribution in [-0.4, -0.2) is 5.91 Å². The Labute approximate surface area is 91.5 Å². The summed E-state index contributed by atoms with van der Waals surface area (Å²) in [4.78, 5) is 11.5. The van der Waals surface area contributed by atoms with Gasteiger partial charge in [0.2, 0.25) is 5.91 Å². The summed E-state index contributed by atoms with van der Waals surface area (Å²) in [6.45, 7) is 4.05. The highest BCUT2D eigenvalue weighted by atomic mass is 16.1. The summed E-state index contributed by atoms with van der Waals surface area (Å²) >= 11 is 0. The van der Waals surface area contributed by atoms with Crippen molar-refractivity contribution >= 4 is 5.91 Å². The molecular formula is C13H19NO. The van der Waals surface area contributed by atoms with E-state index in [4.69, 9.17) is 5.73 Å². The minimum absolute atomic E-state index is 0.234. The van der Waals surface area contributed by atoms with E-state index in [1.807, 2.05) is 37.3 Å². The van der Waals surface area contributed by atoms with E-state index in [1.165, 1.54) is 0 Å². The first-order valence-electron chi connectivity index (χ1n) is 5.46. The molecule has 2 nitrogen and oxygen atoms in total. The van der Waals surface area contributed by atoms with Crippen LogP contribution in [0.4, 0.5) is 0 Å². The molecule has 0 bridgehead atoms. The number of primary amides is 1. The van der Waals surface area contributed by atoms with Gasteiger partial charge in [-0.05, 0) is 18.9 Å². The van der Waals surface area contributed by atoms with Gasteiger partial charge in [-0.1, -0.05) is 50.1 Å². The summed E-state index contributed by atoms with van der Waals surface area (Å²) in [6.07, 6.45) is 2.92. The number of hydrogen-bond donors (Lipinski definition) is 1. The average Bonchev–Trinajstić information content (AvgIpc) is 2.27. The third-order valence-electron chi connectivity index (χ3n) is 2.99. The first-order valence-corrected chi connectivity index (χ1v) is 5.46. The third kappa shape index (κ3) is 2.58. The third-order valence-corrected chi connectivity index (χ3v) is 2.99. The zero-order valence-electron chi connectivity index (χ0n) is 9.49. The molecule has 1 atom stereocenters. The zero-order valence-corrected chi connectivity index (χ0v) is 9.49. The molecule has 0 saturated heterocycles. The van der Waals surface area contributed by atoms with Crippen LogP contribution < -0.4 is 5.73 Å². The lowest BCUT2D eigenvalue weighted by Crippen LogP contribution is -2.38. The van der Waals surface area contributed by atoms with Crippen molar-refractivity contribution in [3.8, 4) is 0 Å². The largest absolute Gasteiger partial charge is 0.369 e. The Morgan fingerprint density at radius 1 is 1.33 bits per heavy atom. The lowest BCUT2D eigenvalue weighted by atomic mass is 9.77. The van der Waals surface area contributed by atoms with E-state index in [9.17, 15) is 4.79 Å². The van der Waals surface area contributed by atoms with E-state index < -0.39 is 5.41 Å². The molecule has 0 saturated carbocycles. The van der Waals surface area contributed by atoms with Crippen molar-refractivity contribution < 1.29 is 4.79 Å². The molecule has 2 N–H and O–H groups in total. The molecule has 1 rings (SSSR count). The van der Waals surface area contributed by atoms with Gasteiger partial charge in [0.15, 0.2) is 0 Å². The molecule has 0 radical (unpaired) electrons. The maximum atomic E-state index is 11.5. The maximum absolute atomic E-state index is 11.5. The average molecular weight is 205 g/mol. The van der Waals surface area contributed by atoms with E-state index in [-0.39, 0.29) is 5.91 Å². The molecule has 0 aromatic heterocycles. The first-order chi connectivity index (χ1) is 7.11. The first kappa shape index (κ1) is 11.8. The van der Waals surface area contributed by atoms with Crippen molar-refractivity contribution in [1.82, 2.24) is 0 Å². The number of hydrogen-bond acceptors (Lipinski definition) is 1. The van der Waals surface area contributed by atoms with Gasteiger partial charge in [0.1, 0.15) is 0 Å². The molecule has 0 aliphatic carbocycles. The molecule has 0 aliphatic heterocycles. The standard InChI is InChI=1S/C13H19NO/c1-3-4-10-13(2,12(14)15)11-8-6-5-7-9-11/h5-9H,3-4,10H2,1-2H3,(H2,14,15). The Kier molecular flexibility index (Phi) is 3.89. The quantitative estimate of drug-likeness (QED) is 0.789. The predicted molar refractivity (Wildman–Crippen MR) is 62.5 cm³/mol. The van der Waals surface area contributed by atoms with Gasteiger partial charge in [-0.2, -0.15) is 0 Å². The lowest BCUT2D eigenvalue weighted by molar-refractivity contribution is -0.123. The van der Waals surface area contributed by atoms with E-state index in [0.717, 1.165) is 24.8 Å². The number of carbonyl (C=O) groups is 1. The van der Waals surface area contributed by atoms with Gasteiger partial charge in [-0.3, -0.25) is 4.79 Å². The van der Waals surface area contributed by atoms with Crippen LogP contribution in [0.5, 0.6) is 0 Å². The smallest absolute Gasteiger partial charge is 0.227 e. The van der Waals surface area contributed by atoms with Crippen LogP contribution in [0.3, 0.4) is 0 Å². The van der Waals surface area contributed by atoms with Crippen molar-refractivity contribution in [3.05, 3.63) is 35.9 Å². The minimum Gasteiger partial charge on any atom is -0.369 e. The highest BCUT2D eigenvalue weighted by molar-refractivity contribution is 5.86. The molecule has 82 valence electrons. The number of amides is 1. The fourth-order valence-corrected chi connectivity index (χ4v) is 1.75. The highest BCUT2D eigenvalue weighted by Gasteiger charge is 2.31. The lowest BCUT2D eigenvalue weighted by Gasteiger charge is -2.26. The molecule has 15 heavy (non-hydrogen) atoms. The van der Waals surface area contributed by atoms with Crippen molar-refractivity contribution in [2.45, 2.75) is 38.5 Å². The van der Waals surface area contributed by atoms with Crippen LogP contribution in [0.1, 0.15) is 38.7 Å². The molecule has 0 aliphatic rings. The Morgan fingerprint density at radius 2 is 1.93 bits per heavy atom. The van der Waals surface area contributed by atoms with Gasteiger partial charge in [0.25, 0.3) is 0 Å². The van der Waals surface area contributed by atoms with Crippen LogP contribution in [0.25, 0.3) is 0 Å². The normalized spacial score (nSPS) is 14.5. The Balaban J connectivity index is 2.96. The molecule has 2 heteroatoms. The minimum atomic E-state index is -0.517. The van der Waals surface area contributed by atoms with E-state index in [0.29, 0.717) is 0 Å². The van der Waals surface area contributed by atoms with Gasteiger partial charge >= 0.3 is 0 Å². The fraction of sp³-hybridized carbons (Fsp3) is 0.462. The van der Waals surface area contributed by atoms with Crippen LogP contribution in [-0.2, 0) is 10.2 Å². The molecule has 1 aromatic rings. The highest BCUT2D eigenvalue weighted by Crippen LogP contribution is 2.29. The van der Waals surface area contributed by atoms with Crippen molar-refractivity contribution in [1.29, 1.82) is 0 Å². The zero-order chi connectivity index (χ0) is 11.3. The molecule has 0 fully saturated rings. The van der Waals surface area contributed by atoms with Gasteiger partial charge in [0.05, 0.1) is 5.41 Å². The van der Waals surface area contributed by atoms with Crippen LogP contribution in [0, 0.1) is 0 Å². The number of benzene rings is 1. The van der Waals surface area contributed by atoms with Crippen molar-refractivity contribution in [3.63, 3.8) is 0 Å². The summed E-state index contributed by atoms with van der Waals surface area (Å²) in [5, 5.41) is 0. The van der Waals surface area contributed by atoms with Crippen LogP contribution in [0.2, 0.25) is 0 Å². The molecule has 1 amide bonds. The second kappa shape index (κ2) is 4.96. The summed E-state index contributed by atoms with van der Waals surface area (Å²) < 4.78 is 0. The van der Waals surface area contributed by atoms with Gasteiger partial charge < -0.3 is 5.73 Å². The Bertz CT molecular complexity index is 321. The van der Waals surface area contributed by atoms with Crippen molar-refractivity contribution in [2.24, 2.45) is 5.73 Å². The van der Waals surface area contributed by atoms with Gasteiger partial charge in [-0.25, -0.2) is 0 Å². The van der Waals surface area contributed by atoms with E-state index >= 15 is 0 Å². The summed E-state index contributed by atoms with van der Waals surface area (Å²) in [5.74, 6) is -0.234. The maximum Gasteiger partial charge on any atom is 0.227 e. The van der Waals surface area contributed by atoms with Crippen LogP contribution >= 0.6 is 0 Å². The molecular weight excluding hydrogens is 186 g/mol. The summed E-state index contributed by atoms with van der Waals surface area (Å²) in [7, 11) is 0. The van der Waals surface area contributed by atoms with Gasteiger partial charge in [0, 0.05) is 0 Å². The monoisotopic (exact) mass is 205 g/mol. The molecule has 1 unspecified atom stereocenters. The van der Waals surface area contributed by atoms with E-state index in [1.54, 1.807) is 0 Å². The summed E-state index contributed by atoms with van der Waals surface area (Å²) in [5.41, 5.74) is 6.01. The topological polar surface area (TPSA) is 43.1 Å². The molecule has 0 spiro atoms. The predicted octanol–water partition coefficient (Wildman–Crippen LogP) is 2.62. The summed E-state index contributed by atoms with van der Waals surface area (Å²) in [6, 6.07) is 9.79. The van der Waals surface area contributed by atoms with Gasteiger partial charge in [-0.15, -0.1) is 0 Å². The fourth-order valence-electron chi connectivity index (χ4n) is 1.75. The molecule has 0 heterocycles. The number of carbonyl (C=O) groups excluding carboxylic acids is 1. The number of nitrogens with two attached hydrogens (primary N) is 1. The number of unbranched alkanes of at least 4 members (excludes halogenated alkanes) is 1. The second-order valence-electron chi connectivity index (χ2n) is 4.17. The SMILES string of the molecule is CCCCC(C)(C(N)=O)c1ccccc1.